The third-order valence-electron chi connectivity index (χ3n) is 2.34. The van der Waals surface area contributed by atoms with Gasteiger partial charge in [0.15, 0.2) is 0 Å². The molecule has 1 aromatic rings. The van der Waals surface area contributed by atoms with Gasteiger partial charge in [-0.15, -0.1) is 0 Å². The second-order valence-electron chi connectivity index (χ2n) is 3.46. The summed E-state index contributed by atoms with van der Waals surface area (Å²) in [6.07, 6.45) is 8.02. The lowest BCUT2D eigenvalue weighted by Gasteiger charge is -2.07. The van der Waals surface area contributed by atoms with E-state index in [-0.39, 0.29) is 5.92 Å². The highest BCUT2D eigenvalue weighted by molar-refractivity contribution is 5.20. The summed E-state index contributed by atoms with van der Waals surface area (Å²) in [5.74, 6) is 0.0234. The number of nitriles is 1. The van der Waals surface area contributed by atoms with Crippen molar-refractivity contribution in [3.63, 3.8) is 0 Å². The molecule has 1 aromatic heterocycles. The van der Waals surface area contributed by atoms with Crippen LogP contribution in [0, 0.1) is 11.3 Å². The molecule has 0 fully saturated rings. The topological polar surface area (TPSA) is 36.7 Å². The first-order valence-corrected chi connectivity index (χ1v) is 5.18. The van der Waals surface area contributed by atoms with E-state index in [4.69, 9.17) is 5.26 Å². The van der Waals surface area contributed by atoms with E-state index in [9.17, 15) is 0 Å². The second kappa shape index (κ2) is 6.15. The van der Waals surface area contributed by atoms with Crippen molar-refractivity contribution < 1.29 is 0 Å². The Balaban J connectivity index is 2.52. The van der Waals surface area contributed by atoms with Crippen LogP contribution in [0.15, 0.2) is 24.5 Å². The average molecular weight is 188 g/mol. The summed E-state index contributed by atoms with van der Waals surface area (Å²) in [5.41, 5.74) is 1.05. The summed E-state index contributed by atoms with van der Waals surface area (Å²) < 4.78 is 0. The van der Waals surface area contributed by atoms with Crippen LogP contribution >= 0.6 is 0 Å². The van der Waals surface area contributed by atoms with E-state index >= 15 is 0 Å². The third kappa shape index (κ3) is 3.18. The van der Waals surface area contributed by atoms with Crippen LogP contribution < -0.4 is 0 Å². The van der Waals surface area contributed by atoms with Crippen molar-refractivity contribution in [2.45, 2.75) is 38.5 Å². The Bertz CT molecular complexity index is 287. The fourth-order valence-electron chi connectivity index (χ4n) is 1.49. The van der Waals surface area contributed by atoms with Crippen LogP contribution in [0.4, 0.5) is 0 Å². The van der Waals surface area contributed by atoms with Gasteiger partial charge >= 0.3 is 0 Å². The molecule has 14 heavy (non-hydrogen) atoms. The average Bonchev–Trinajstić information content (AvgIpc) is 2.26. The van der Waals surface area contributed by atoms with Crippen LogP contribution in [0.3, 0.4) is 0 Å². The first-order valence-electron chi connectivity index (χ1n) is 5.18. The number of aromatic nitrogens is 1. The Morgan fingerprint density at radius 2 is 2.36 bits per heavy atom. The van der Waals surface area contributed by atoms with Gasteiger partial charge in [0.1, 0.15) is 0 Å². The predicted molar refractivity (Wildman–Crippen MR) is 56.7 cm³/mol. The lowest BCUT2D eigenvalue weighted by atomic mass is 9.96. The maximum absolute atomic E-state index is 9.00. The predicted octanol–water partition coefficient (Wildman–Crippen LogP) is 3.27. The molecule has 1 heterocycles. The fraction of sp³-hybridized carbons (Fsp3) is 0.500. The van der Waals surface area contributed by atoms with E-state index in [1.807, 2.05) is 12.1 Å². The molecule has 74 valence electrons. The second-order valence-corrected chi connectivity index (χ2v) is 3.46. The quantitative estimate of drug-likeness (QED) is 0.665. The number of unbranched alkanes of at least 4 members (excludes halogenated alkanes) is 2. The first kappa shape index (κ1) is 10.7. The number of hydrogen-bond acceptors (Lipinski definition) is 2. The molecule has 0 aliphatic heterocycles. The molecule has 0 saturated carbocycles. The van der Waals surface area contributed by atoms with Gasteiger partial charge in [0.25, 0.3) is 0 Å². The Morgan fingerprint density at radius 1 is 1.50 bits per heavy atom. The lowest BCUT2D eigenvalue weighted by Crippen LogP contribution is -1.96. The minimum Gasteiger partial charge on any atom is -0.264 e. The number of pyridine rings is 1. The smallest absolute Gasteiger partial charge is 0.0727 e. The van der Waals surface area contributed by atoms with Gasteiger partial charge in [0.05, 0.1) is 12.0 Å². The molecule has 0 spiro atoms. The van der Waals surface area contributed by atoms with E-state index in [0.29, 0.717) is 0 Å². The van der Waals surface area contributed by atoms with Crippen LogP contribution in [0.5, 0.6) is 0 Å². The Labute approximate surface area is 85.6 Å². The van der Waals surface area contributed by atoms with Crippen LogP contribution in [-0.4, -0.2) is 4.98 Å². The van der Waals surface area contributed by atoms with Crippen molar-refractivity contribution in [1.29, 1.82) is 5.26 Å². The summed E-state index contributed by atoms with van der Waals surface area (Å²) in [7, 11) is 0. The van der Waals surface area contributed by atoms with Crippen molar-refractivity contribution in [2.75, 3.05) is 0 Å². The molecule has 0 aromatic carbocycles. The molecule has 0 aliphatic carbocycles. The minimum absolute atomic E-state index is 0.0234. The molecule has 0 amide bonds. The summed E-state index contributed by atoms with van der Waals surface area (Å²) in [6.45, 7) is 2.17. The molecule has 0 radical (unpaired) electrons. The van der Waals surface area contributed by atoms with Gasteiger partial charge in [0.2, 0.25) is 0 Å². The highest BCUT2D eigenvalue weighted by atomic mass is 14.6. The summed E-state index contributed by atoms with van der Waals surface area (Å²) in [6, 6.07) is 6.20. The summed E-state index contributed by atoms with van der Waals surface area (Å²) in [4.78, 5) is 4.03. The number of nitrogens with zero attached hydrogens (tertiary/aromatic N) is 2. The molecule has 0 bridgehead atoms. The number of rotatable bonds is 5. The summed E-state index contributed by atoms with van der Waals surface area (Å²) in [5, 5.41) is 9.00. The first-order chi connectivity index (χ1) is 6.88. The van der Waals surface area contributed by atoms with Crippen molar-refractivity contribution in [1.82, 2.24) is 4.98 Å². The van der Waals surface area contributed by atoms with Crippen molar-refractivity contribution in [3.05, 3.63) is 30.1 Å². The molecular weight excluding hydrogens is 172 g/mol. The van der Waals surface area contributed by atoms with Crippen LogP contribution in [0.1, 0.15) is 44.1 Å². The van der Waals surface area contributed by atoms with Gasteiger partial charge in [0, 0.05) is 12.4 Å². The van der Waals surface area contributed by atoms with Gasteiger partial charge in [-0.3, -0.25) is 4.98 Å². The normalized spacial score (nSPS) is 12.0. The summed E-state index contributed by atoms with van der Waals surface area (Å²) >= 11 is 0. The number of hydrogen-bond donors (Lipinski definition) is 0. The van der Waals surface area contributed by atoms with Gasteiger partial charge < -0.3 is 0 Å². The van der Waals surface area contributed by atoms with E-state index in [0.717, 1.165) is 18.4 Å². The van der Waals surface area contributed by atoms with E-state index in [1.165, 1.54) is 12.8 Å². The largest absolute Gasteiger partial charge is 0.264 e. The van der Waals surface area contributed by atoms with Crippen molar-refractivity contribution >= 4 is 0 Å². The third-order valence-corrected chi connectivity index (χ3v) is 2.34. The van der Waals surface area contributed by atoms with Crippen LogP contribution in [0.2, 0.25) is 0 Å². The molecule has 1 unspecified atom stereocenters. The van der Waals surface area contributed by atoms with Crippen LogP contribution in [-0.2, 0) is 0 Å². The zero-order chi connectivity index (χ0) is 10.2. The minimum atomic E-state index is 0.0234. The lowest BCUT2D eigenvalue weighted by molar-refractivity contribution is 0.633. The van der Waals surface area contributed by atoms with E-state index < -0.39 is 0 Å². The molecule has 0 N–H and O–H groups in total. The SMILES string of the molecule is CCCCCC(C#N)c1cccnc1. The molecule has 0 aliphatic rings. The standard InChI is InChI=1S/C12H16N2/c1-2-3-4-6-11(9-13)12-7-5-8-14-10-12/h5,7-8,10-11H,2-4,6H2,1H3. The van der Waals surface area contributed by atoms with E-state index in [1.54, 1.807) is 12.4 Å². The molecular formula is C12H16N2. The zero-order valence-corrected chi connectivity index (χ0v) is 8.61. The Hall–Kier alpha value is -1.36. The van der Waals surface area contributed by atoms with Gasteiger partial charge in [-0.25, -0.2) is 0 Å². The van der Waals surface area contributed by atoms with Crippen LogP contribution in [0.25, 0.3) is 0 Å². The maximum Gasteiger partial charge on any atom is 0.0727 e. The molecule has 2 nitrogen and oxygen atoms in total. The molecule has 2 heteroatoms. The van der Waals surface area contributed by atoms with E-state index in [2.05, 4.69) is 18.0 Å². The Morgan fingerprint density at radius 3 is 2.93 bits per heavy atom. The monoisotopic (exact) mass is 188 g/mol. The van der Waals surface area contributed by atoms with Gasteiger partial charge in [-0.1, -0.05) is 32.3 Å². The van der Waals surface area contributed by atoms with Crippen molar-refractivity contribution in [2.24, 2.45) is 0 Å². The fourth-order valence-corrected chi connectivity index (χ4v) is 1.49. The molecule has 1 atom stereocenters. The zero-order valence-electron chi connectivity index (χ0n) is 8.61. The highest BCUT2D eigenvalue weighted by Crippen LogP contribution is 2.20. The Kier molecular flexibility index (Phi) is 4.71. The van der Waals surface area contributed by atoms with Gasteiger partial charge in [-0.05, 0) is 18.1 Å². The maximum atomic E-state index is 9.00. The van der Waals surface area contributed by atoms with Crippen molar-refractivity contribution in [3.8, 4) is 6.07 Å². The van der Waals surface area contributed by atoms with Gasteiger partial charge in [-0.2, -0.15) is 5.26 Å². The molecule has 0 saturated heterocycles. The highest BCUT2D eigenvalue weighted by Gasteiger charge is 2.09. The molecule has 1 rings (SSSR count).